The summed E-state index contributed by atoms with van der Waals surface area (Å²) in [6.45, 7) is 5.07. The zero-order valence-electron chi connectivity index (χ0n) is 12.6. The van der Waals surface area contributed by atoms with Gasteiger partial charge in [-0.3, -0.25) is 4.72 Å². The number of aryl methyl sites for hydroxylation is 3. The van der Waals surface area contributed by atoms with Crippen LogP contribution in [-0.2, 0) is 16.6 Å². The van der Waals surface area contributed by atoms with Gasteiger partial charge in [-0.25, -0.2) is 8.42 Å². The molecule has 4 nitrogen and oxygen atoms in total. The monoisotopic (exact) mass is 339 g/mol. The second-order valence-corrected chi connectivity index (χ2v) is 7.31. The van der Waals surface area contributed by atoms with Gasteiger partial charge in [0.2, 0.25) is 0 Å². The van der Waals surface area contributed by atoms with Gasteiger partial charge in [-0.05, 0) is 44.0 Å². The van der Waals surface area contributed by atoms with Crippen molar-refractivity contribution < 1.29 is 13.5 Å². The van der Waals surface area contributed by atoms with Gasteiger partial charge in [-0.2, -0.15) is 0 Å². The topological polar surface area (TPSA) is 66.4 Å². The second kappa shape index (κ2) is 6.28. The molecule has 2 aromatic carbocycles. The number of halogens is 1. The van der Waals surface area contributed by atoms with E-state index in [1.807, 2.05) is 13.0 Å². The number of nitrogens with one attached hydrogen (secondary N) is 1. The van der Waals surface area contributed by atoms with E-state index in [2.05, 4.69) is 4.72 Å². The summed E-state index contributed by atoms with van der Waals surface area (Å²) in [6, 6.07) is 8.48. The Kier molecular flexibility index (Phi) is 4.80. The molecule has 0 aliphatic rings. The van der Waals surface area contributed by atoms with Crippen molar-refractivity contribution in [2.75, 3.05) is 4.72 Å². The number of hydrogen-bond donors (Lipinski definition) is 2. The number of aliphatic hydroxyl groups excluding tert-OH is 1. The van der Waals surface area contributed by atoms with Crippen LogP contribution in [0.2, 0.25) is 5.02 Å². The molecule has 0 atom stereocenters. The predicted octanol–water partition coefficient (Wildman–Crippen LogP) is 3.56. The van der Waals surface area contributed by atoms with Gasteiger partial charge in [-0.15, -0.1) is 0 Å². The van der Waals surface area contributed by atoms with Gasteiger partial charge in [0, 0.05) is 10.6 Å². The minimum absolute atomic E-state index is 0.210. The molecule has 0 heterocycles. The van der Waals surface area contributed by atoms with E-state index in [9.17, 15) is 13.5 Å². The summed E-state index contributed by atoms with van der Waals surface area (Å²) in [5, 5.41) is 9.79. The third kappa shape index (κ3) is 3.27. The molecule has 6 heteroatoms. The molecule has 0 saturated carbocycles. The Morgan fingerprint density at radius 2 is 1.77 bits per heavy atom. The van der Waals surface area contributed by atoms with Crippen molar-refractivity contribution in [2.45, 2.75) is 32.3 Å². The van der Waals surface area contributed by atoms with E-state index < -0.39 is 10.0 Å². The van der Waals surface area contributed by atoms with E-state index in [1.54, 1.807) is 38.1 Å². The van der Waals surface area contributed by atoms with Crippen LogP contribution in [0.3, 0.4) is 0 Å². The summed E-state index contributed by atoms with van der Waals surface area (Å²) in [7, 11) is -3.75. The van der Waals surface area contributed by atoms with Gasteiger partial charge >= 0.3 is 0 Å². The van der Waals surface area contributed by atoms with Gasteiger partial charge < -0.3 is 5.11 Å². The molecule has 22 heavy (non-hydrogen) atoms. The number of anilines is 1. The summed E-state index contributed by atoms with van der Waals surface area (Å²) < 4.78 is 27.8. The number of rotatable bonds is 4. The van der Waals surface area contributed by atoms with Crippen molar-refractivity contribution in [3.8, 4) is 0 Å². The van der Waals surface area contributed by atoms with Crippen LogP contribution >= 0.6 is 11.6 Å². The first-order valence-corrected chi connectivity index (χ1v) is 8.61. The minimum Gasteiger partial charge on any atom is -0.392 e. The molecular weight excluding hydrogens is 322 g/mol. The van der Waals surface area contributed by atoms with Crippen molar-refractivity contribution in [1.82, 2.24) is 0 Å². The van der Waals surface area contributed by atoms with Crippen molar-refractivity contribution in [2.24, 2.45) is 0 Å². The molecule has 0 amide bonds. The third-order valence-electron chi connectivity index (χ3n) is 3.48. The molecule has 0 unspecified atom stereocenters. The Morgan fingerprint density at radius 1 is 1.09 bits per heavy atom. The molecule has 0 fully saturated rings. The normalized spacial score (nSPS) is 11.5. The first-order chi connectivity index (χ1) is 10.3. The van der Waals surface area contributed by atoms with E-state index >= 15 is 0 Å². The maximum Gasteiger partial charge on any atom is 0.262 e. The maximum atomic E-state index is 12.6. The van der Waals surface area contributed by atoms with Gasteiger partial charge in [0.25, 0.3) is 10.0 Å². The summed E-state index contributed by atoms with van der Waals surface area (Å²) in [4.78, 5) is 0.210. The molecule has 0 spiro atoms. The number of sulfonamides is 1. The summed E-state index contributed by atoms with van der Waals surface area (Å²) in [6.07, 6.45) is 0. The van der Waals surface area contributed by atoms with E-state index in [1.165, 1.54) is 0 Å². The van der Waals surface area contributed by atoms with Gasteiger partial charge in [0.05, 0.1) is 17.2 Å². The molecule has 0 aromatic heterocycles. The first kappa shape index (κ1) is 16.8. The zero-order chi connectivity index (χ0) is 16.5. The Balaban J connectivity index is 2.52. The van der Waals surface area contributed by atoms with E-state index in [0.29, 0.717) is 27.4 Å². The number of aliphatic hydroxyl groups is 1. The number of benzene rings is 2. The van der Waals surface area contributed by atoms with Crippen molar-refractivity contribution in [1.29, 1.82) is 0 Å². The Bertz CT molecular complexity index is 816. The minimum atomic E-state index is -3.75. The number of hydrogen-bond acceptors (Lipinski definition) is 3. The molecule has 0 aliphatic heterocycles. The summed E-state index contributed by atoms with van der Waals surface area (Å²) >= 11 is 6.03. The van der Waals surface area contributed by atoms with Gasteiger partial charge in [0.15, 0.2) is 0 Å². The highest BCUT2D eigenvalue weighted by Crippen LogP contribution is 2.30. The van der Waals surface area contributed by atoms with Crippen molar-refractivity contribution in [3.05, 3.63) is 57.6 Å². The molecule has 0 radical (unpaired) electrons. The van der Waals surface area contributed by atoms with Gasteiger partial charge in [-0.1, -0.05) is 35.4 Å². The fourth-order valence-electron chi connectivity index (χ4n) is 2.33. The quantitative estimate of drug-likeness (QED) is 0.895. The Morgan fingerprint density at radius 3 is 2.36 bits per heavy atom. The van der Waals surface area contributed by atoms with Crippen LogP contribution < -0.4 is 4.72 Å². The lowest BCUT2D eigenvalue weighted by molar-refractivity contribution is 0.282. The van der Waals surface area contributed by atoms with Crippen LogP contribution in [-0.4, -0.2) is 13.5 Å². The molecule has 2 rings (SSSR count). The Labute approximate surface area is 135 Å². The lowest BCUT2D eigenvalue weighted by Gasteiger charge is -2.16. The van der Waals surface area contributed by atoms with Crippen LogP contribution in [0, 0.1) is 20.8 Å². The van der Waals surface area contributed by atoms with Crippen LogP contribution in [0.1, 0.15) is 22.3 Å². The highest BCUT2D eigenvalue weighted by atomic mass is 35.5. The van der Waals surface area contributed by atoms with Crippen LogP contribution in [0.25, 0.3) is 0 Å². The molecular formula is C16H18ClNO3S. The van der Waals surface area contributed by atoms with E-state index in [0.717, 1.165) is 5.56 Å². The van der Waals surface area contributed by atoms with Gasteiger partial charge in [0.1, 0.15) is 0 Å². The third-order valence-corrected chi connectivity index (χ3v) is 5.34. The molecule has 0 aliphatic carbocycles. The Hall–Kier alpha value is -1.56. The summed E-state index contributed by atoms with van der Waals surface area (Å²) in [5.74, 6) is 0. The smallest absolute Gasteiger partial charge is 0.262 e. The first-order valence-electron chi connectivity index (χ1n) is 6.75. The fraction of sp³-hybridized carbons (Fsp3) is 0.250. The van der Waals surface area contributed by atoms with Crippen LogP contribution in [0.15, 0.2) is 35.2 Å². The lowest BCUT2D eigenvalue weighted by atomic mass is 10.1. The maximum absolute atomic E-state index is 12.6. The molecule has 118 valence electrons. The van der Waals surface area contributed by atoms with Crippen molar-refractivity contribution in [3.63, 3.8) is 0 Å². The molecule has 0 saturated heterocycles. The van der Waals surface area contributed by atoms with Crippen LogP contribution in [0.5, 0.6) is 0 Å². The highest BCUT2D eigenvalue weighted by molar-refractivity contribution is 7.92. The standard InChI is InChI=1S/C16H18ClNO3S/c1-10-4-7-15(12(3)8-10)22(20,21)18-16-11(2)5-6-14(17)13(16)9-19/h4-8,18-19H,9H2,1-3H3. The molecule has 2 N–H and O–H groups in total. The molecule has 0 bridgehead atoms. The fourth-order valence-corrected chi connectivity index (χ4v) is 3.94. The van der Waals surface area contributed by atoms with E-state index in [4.69, 9.17) is 11.6 Å². The summed E-state index contributed by atoms with van der Waals surface area (Å²) in [5.41, 5.74) is 3.05. The lowest BCUT2D eigenvalue weighted by Crippen LogP contribution is -2.16. The second-order valence-electron chi connectivity index (χ2n) is 5.25. The van der Waals surface area contributed by atoms with Crippen LogP contribution in [0.4, 0.5) is 5.69 Å². The average Bonchev–Trinajstić information content (AvgIpc) is 2.42. The van der Waals surface area contributed by atoms with E-state index in [-0.39, 0.29) is 11.5 Å². The SMILES string of the molecule is Cc1ccc(S(=O)(=O)Nc2c(C)ccc(Cl)c2CO)c(C)c1. The van der Waals surface area contributed by atoms with Crippen molar-refractivity contribution >= 4 is 27.3 Å². The zero-order valence-corrected chi connectivity index (χ0v) is 14.2. The predicted molar refractivity (Wildman–Crippen MR) is 88.8 cm³/mol. The molecule has 2 aromatic rings. The average molecular weight is 340 g/mol. The highest BCUT2D eigenvalue weighted by Gasteiger charge is 2.20. The largest absolute Gasteiger partial charge is 0.392 e.